The number of likely N-dealkylation sites (N-methyl/N-ethyl adjacent to an activating group) is 1. The maximum atomic E-state index is 2.31. The first kappa shape index (κ1) is 7.61. The standard InChI is InChI=1S/C8H16N2/c1-7-5-6-9(3)8(2)10(7)4/h5,8H,6H2,1-4H3. The molecule has 0 aromatic carbocycles. The van der Waals surface area contributed by atoms with Crippen LogP contribution in [-0.4, -0.2) is 36.6 Å². The van der Waals surface area contributed by atoms with Gasteiger partial charge in [0.2, 0.25) is 0 Å². The lowest BCUT2D eigenvalue weighted by Gasteiger charge is -2.38. The van der Waals surface area contributed by atoms with Crippen molar-refractivity contribution in [2.45, 2.75) is 20.0 Å². The zero-order chi connectivity index (χ0) is 7.72. The molecule has 1 unspecified atom stereocenters. The highest BCUT2D eigenvalue weighted by atomic mass is 15.3. The van der Waals surface area contributed by atoms with E-state index < -0.39 is 0 Å². The Morgan fingerprint density at radius 1 is 1.50 bits per heavy atom. The predicted molar refractivity (Wildman–Crippen MR) is 43.6 cm³/mol. The molecule has 0 saturated carbocycles. The molecule has 0 aromatic rings. The van der Waals surface area contributed by atoms with Crippen LogP contribution in [0.1, 0.15) is 13.8 Å². The molecule has 0 amide bonds. The lowest BCUT2D eigenvalue weighted by molar-refractivity contribution is 0.121. The molecule has 1 rings (SSSR count). The van der Waals surface area contributed by atoms with E-state index in [-0.39, 0.29) is 0 Å². The fourth-order valence-corrected chi connectivity index (χ4v) is 1.16. The first-order valence-corrected chi connectivity index (χ1v) is 3.72. The van der Waals surface area contributed by atoms with Gasteiger partial charge in [0, 0.05) is 19.3 Å². The van der Waals surface area contributed by atoms with Gasteiger partial charge in [-0.3, -0.25) is 4.90 Å². The van der Waals surface area contributed by atoms with E-state index in [0.717, 1.165) is 6.54 Å². The van der Waals surface area contributed by atoms with Crippen molar-refractivity contribution < 1.29 is 0 Å². The normalized spacial score (nSPS) is 28.6. The van der Waals surface area contributed by atoms with Crippen LogP contribution in [0.25, 0.3) is 0 Å². The summed E-state index contributed by atoms with van der Waals surface area (Å²) in [6.07, 6.45) is 2.80. The second kappa shape index (κ2) is 2.62. The zero-order valence-corrected chi connectivity index (χ0v) is 7.26. The molecular weight excluding hydrogens is 124 g/mol. The van der Waals surface area contributed by atoms with Gasteiger partial charge in [-0.15, -0.1) is 0 Å². The summed E-state index contributed by atoms with van der Waals surface area (Å²) in [6, 6.07) is 0. The molecule has 0 radical (unpaired) electrons. The van der Waals surface area contributed by atoms with Crippen molar-refractivity contribution in [3.8, 4) is 0 Å². The SMILES string of the molecule is CC1=CCN(C)C(C)N1C. The third-order valence-electron chi connectivity index (χ3n) is 2.43. The van der Waals surface area contributed by atoms with Crippen molar-refractivity contribution in [1.29, 1.82) is 0 Å². The highest BCUT2D eigenvalue weighted by Crippen LogP contribution is 2.13. The number of allylic oxidation sites excluding steroid dienone is 1. The summed E-state index contributed by atoms with van der Waals surface area (Å²) in [5.41, 5.74) is 1.38. The van der Waals surface area contributed by atoms with Gasteiger partial charge in [0.25, 0.3) is 0 Å². The van der Waals surface area contributed by atoms with Gasteiger partial charge in [0.15, 0.2) is 0 Å². The topological polar surface area (TPSA) is 6.48 Å². The van der Waals surface area contributed by atoms with Crippen LogP contribution < -0.4 is 0 Å². The Morgan fingerprint density at radius 2 is 2.10 bits per heavy atom. The Hall–Kier alpha value is -0.500. The van der Waals surface area contributed by atoms with Crippen molar-refractivity contribution in [3.63, 3.8) is 0 Å². The van der Waals surface area contributed by atoms with E-state index in [4.69, 9.17) is 0 Å². The summed E-state index contributed by atoms with van der Waals surface area (Å²) in [7, 11) is 4.27. The molecule has 1 aliphatic heterocycles. The summed E-state index contributed by atoms with van der Waals surface area (Å²) in [5.74, 6) is 0. The van der Waals surface area contributed by atoms with Gasteiger partial charge in [0.1, 0.15) is 0 Å². The van der Waals surface area contributed by atoms with Gasteiger partial charge in [-0.1, -0.05) is 6.08 Å². The largest absolute Gasteiger partial charge is 0.363 e. The molecule has 2 nitrogen and oxygen atoms in total. The van der Waals surface area contributed by atoms with E-state index in [1.165, 1.54) is 5.70 Å². The molecule has 1 heterocycles. The second-order valence-electron chi connectivity index (χ2n) is 3.03. The van der Waals surface area contributed by atoms with E-state index in [1.807, 2.05) is 0 Å². The smallest absolute Gasteiger partial charge is 0.0785 e. The average molecular weight is 140 g/mol. The Bertz CT molecular complexity index is 151. The van der Waals surface area contributed by atoms with Crippen molar-refractivity contribution in [2.24, 2.45) is 0 Å². The first-order valence-electron chi connectivity index (χ1n) is 3.72. The lowest BCUT2D eigenvalue weighted by atomic mass is 10.2. The van der Waals surface area contributed by atoms with Gasteiger partial charge in [-0.2, -0.15) is 0 Å². The maximum Gasteiger partial charge on any atom is 0.0785 e. The second-order valence-corrected chi connectivity index (χ2v) is 3.03. The molecule has 1 atom stereocenters. The summed E-state index contributed by atoms with van der Waals surface area (Å²) >= 11 is 0. The number of hydrogen-bond acceptors (Lipinski definition) is 2. The minimum absolute atomic E-state index is 0.546. The van der Waals surface area contributed by atoms with Gasteiger partial charge < -0.3 is 4.90 Å². The molecule has 1 aliphatic rings. The fourth-order valence-electron chi connectivity index (χ4n) is 1.16. The lowest BCUT2D eigenvalue weighted by Crippen LogP contribution is -2.44. The number of rotatable bonds is 0. The summed E-state index contributed by atoms with van der Waals surface area (Å²) < 4.78 is 0. The molecule has 58 valence electrons. The van der Waals surface area contributed by atoms with Crippen LogP contribution in [0.2, 0.25) is 0 Å². The molecule has 0 spiro atoms. The highest BCUT2D eigenvalue weighted by molar-refractivity contribution is 5.03. The molecule has 10 heavy (non-hydrogen) atoms. The van der Waals surface area contributed by atoms with Crippen LogP contribution in [0.15, 0.2) is 11.8 Å². The van der Waals surface area contributed by atoms with Gasteiger partial charge in [-0.25, -0.2) is 0 Å². The molecule has 2 heteroatoms. The summed E-state index contributed by atoms with van der Waals surface area (Å²) in [4.78, 5) is 4.59. The van der Waals surface area contributed by atoms with Crippen LogP contribution in [0, 0.1) is 0 Å². The fraction of sp³-hybridized carbons (Fsp3) is 0.750. The molecule has 0 saturated heterocycles. The molecule has 0 N–H and O–H groups in total. The van der Waals surface area contributed by atoms with E-state index in [0.29, 0.717) is 6.17 Å². The quantitative estimate of drug-likeness (QED) is 0.497. The summed E-state index contributed by atoms with van der Waals surface area (Å²) in [5, 5.41) is 0. The van der Waals surface area contributed by atoms with E-state index >= 15 is 0 Å². The van der Waals surface area contributed by atoms with E-state index in [1.54, 1.807) is 0 Å². The van der Waals surface area contributed by atoms with Crippen molar-refractivity contribution >= 4 is 0 Å². The highest BCUT2D eigenvalue weighted by Gasteiger charge is 2.17. The van der Waals surface area contributed by atoms with Crippen molar-refractivity contribution in [3.05, 3.63) is 11.8 Å². The minimum atomic E-state index is 0.546. The summed E-state index contributed by atoms with van der Waals surface area (Å²) in [6.45, 7) is 5.46. The zero-order valence-electron chi connectivity index (χ0n) is 7.26. The van der Waals surface area contributed by atoms with Crippen LogP contribution in [0.4, 0.5) is 0 Å². The number of nitrogens with zero attached hydrogens (tertiary/aromatic N) is 2. The molecular formula is C8H16N2. The minimum Gasteiger partial charge on any atom is -0.363 e. The monoisotopic (exact) mass is 140 g/mol. The predicted octanol–water partition coefficient (Wildman–Crippen LogP) is 1.11. The molecule has 0 aliphatic carbocycles. The van der Waals surface area contributed by atoms with Crippen LogP contribution in [0.3, 0.4) is 0 Å². The van der Waals surface area contributed by atoms with Gasteiger partial charge >= 0.3 is 0 Å². The Labute approximate surface area is 63.1 Å². The van der Waals surface area contributed by atoms with Crippen molar-refractivity contribution in [1.82, 2.24) is 9.80 Å². The van der Waals surface area contributed by atoms with Gasteiger partial charge in [-0.05, 0) is 20.9 Å². The van der Waals surface area contributed by atoms with Crippen LogP contribution in [0.5, 0.6) is 0 Å². The molecule has 0 aromatic heterocycles. The first-order chi connectivity index (χ1) is 4.63. The van der Waals surface area contributed by atoms with Crippen LogP contribution >= 0.6 is 0 Å². The molecule has 0 bridgehead atoms. The van der Waals surface area contributed by atoms with Crippen LogP contribution in [-0.2, 0) is 0 Å². The Balaban J connectivity index is 2.71. The van der Waals surface area contributed by atoms with Crippen molar-refractivity contribution in [2.75, 3.05) is 20.6 Å². The molecule has 0 fully saturated rings. The Morgan fingerprint density at radius 3 is 2.60 bits per heavy atom. The van der Waals surface area contributed by atoms with Gasteiger partial charge in [0.05, 0.1) is 6.17 Å². The Kier molecular flexibility index (Phi) is 2.00. The van der Waals surface area contributed by atoms with E-state index in [2.05, 4.69) is 43.8 Å². The third-order valence-corrected chi connectivity index (χ3v) is 2.43. The van der Waals surface area contributed by atoms with E-state index in [9.17, 15) is 0 Å². The maximum absolute atomic E-state index is 2.31. The third kappa shape index (κ3) is 1.16. The average Bonchev–Trinajstić information content (AvgIpc) is 1.93. The number of hydrogen-bond donors (Lipinski definition) is 0.